The molecule has 2 N–H and O–H groups in total. The van der Waals surface area contributed by atoms with E-state index < -0.39 is 22.0 Å². The first-order valence-electron chi connectivity index (χ1n) is 4.07. The van der Waals surface area contributed by atoms with Gasteiger partial charge < -0.3 is 5.11 Å². The summed E-state index contributed by atoms with van der Waals surface area (Å²) in [5, 5.41) is 8.64. The molecule has 0 aromatic carbocycles. The molecule has 1 atom stereocenters. The van der Waals surface area contributed by atoms with Crippen molar-refractivity contribution in [2.75, 3.05) is 6.26 Å². The number of carboxylic acid groups (broad SMARTS) is 1. The van der Waals surface area contributed by atoms with Crippen molar-refractivity contribution in [1.82, 2.24) is 4.72 Å². The fourth-order valence-corrected chi connectivity index (χ4v) is 1.63. The summed E-state index contributed by atoms with van der Waals surface area (Å²) < 4.78 is 23.5. The molecule has 0 unspecified atom stereocenters. The van der Waals surface area contributed by atoms with Crippen LogP contribution in [0.4, 0.5) is 0 Å². The van der Waals surface area contributed by atoms with Gasteiger partial charge in [-0.25, -0.2) is 13.1 Å². The quantitative estimate of drug-likeness (QED) is 0.653. The van der Waals surface area contributed by atoms with E-state index in [9.17, 15) is 13.2 Å². The lowest BCUT2D eigenvalue weighted by Crippen LogP contribution is -2.40. The summed E-state index contributed by atoms with van der Waals surface area (Å²) in [4.78, 5) is 10.6. The Balaban J connectivity index is 4.19. The van der Waals surface area contributed by atoms with E-state index in [-0.39, 0.29) is 0 Å². The number of hydrogen-bond acceptors (Lipinski definition) is 3. The number of nitrogens with one attached hydrogen (secondary N) is 1. The number of unbranched alkanes of at least 4 members (excludes halogenated alkanes) is 1. The monoisotopic (exact) mass is 209 g/mol. The van der Waals surface area contributed by atoms with E-state index in [1.807, 2.05) is 6.92 Å². The molecule has 13 heavy (non-hydrogen) atoms. The molecule has 0 fully saturated rings. The van der Waals surface area contributed by atoms with Crippen molar-refractivity contribution in [2.45, 2.75) is 32.2 Å². The third-order valence-corrected chi connectivity index (χ3v) is 2.21. The molecule has 0 aromatic heterocycles. The topological polar surface area (TPSA) is 83.5 Å². The van der Waals surface area contributed by atoms with Gasteiger partial charge >= 0.3 is 5.97 Å². The zero-order valence-electron chi connectivity index (χ0n) is 7.78. The second-order valence-corrected chi connectivity index (χ2v) is 4.70. The van der Waals surface area contributed by atoms with Crippen LogP contribution in [-0.2, 0) is 14.8 Å². The Labute approximate surface area is 78.2 Å². The lowest BCUT2D eigenvalue weighted by atomic mass is 10.1. The molecule has 0 saturated carbocycles. The molecule has 0 rings (SSSR count). The van der Waals surface area contributed by atoms with Crippen molar-refractivity contribution in [3.8, 4) is 0 Å². The molecule has 0 heterocycles. The normalized spacial score (nSPS) is 14.0. The van der Waals surface area contributed by atoms with Crippen molar-refractivity contribution < 1.29 is 18.3 Å². The minimum absolute atomic E-state index is 0.332. The number of rotatable bonds is 6. The standard InChI is InChI=1S/C7H15NO4S/c1-3-4-5-6(7(9)10)8-13(2,11)12/h6,8H,3-5H2,1-2H3,(H,9,10)/t6-/m0/s1. The molecule has 6 heteroatoms. The van der Waals surface area contributed by atoms with Crippen LogP contribution >= 0.6 is 0 Å². The molecule has 0 aromatic rings. The molecule has 78 valence electrons. The van der Waals surface area contributed by atoms with Crippen molar-refractivity contribution >= 4 is 16.0 Å². The average Bonchev–Trinajstić information content (AvgIpc) is 1.95. The van der Waals surface area contributed by atoms with E-state index in [1.165, 1.54) is 0 Å². The minimum atomic E-state index is -3.43. The van der Waals surface area contributed by atoms with Crippen molar-refractivity contribution in [3.05, 3.63) is 0 Å². The summed E-state index contributed by atoms with van der Waals surface area (Å²) in [6, 6.07) is -0.991. The van der Waals surface area contributed by atoms with Gasteiger partial charge in [-0.2, -0.15) is 0 Å². The summed E-state index contributed by atoms with van der Waals surface area (Å²) in [6.45, 7) is 1.92. The summed E-state index contributed by atoms with van der Waals surface area (Å²) in [5.41, 5.74) is 0. The second kappa shape index (κ2) is 5.18. The van der Waals surface area contributed by atoms with Gasteiger partial charge in [-0.05, 0) is 6.42 Å². The van der Waals surface area contributed by atoms with E-state index in [4.69, 9.17) is 5.11 Å². The molecular weight excluding hydrogens is 194 g/mol. The summed E-state index contributed by atoms with van der Waals surface area (Å²) in [6.07, 6.45) is 2.82. The molecule has 0 aliphatic heterocycles. The molecule has 0 saturated heterocycles. The maximum atomic E-state index is 10.7. The molecule has 0 bridgehead atoms. The van der Waals surface area contributed by atoms with Crippen LogP contribution in [0.2, 0.25) is 0 Å². The first-order valence-corrected chi connectivity index (χ1v) is 5.96. The zero-order chi connectivity index (χ0) is 10.5. The maximum absolute atomic E-state index is 10.7. The lowest BCUT2D eigenvalue weighted by Gasteiger charge is -2.11. The highest BCUT2D eigenvalue weighted by Gasteiger charge is 2.20. The molecule has 0 aliphatic carbocycles. The van der Waals surface area contributed by atoms with Crippen LogP contribution in [0.1, 0.15) is 26.2 Å². The first-order chi connectivity index (χ1) is 5.87. The molecule has 0 aliphatic rings. The van der Waals surface area contributed by atoms with E-state index >= 15 is 0 Å². The maximum Gasteiger partial charge on any atom is 0.321 e. The largest absolute Gasteiger partial charge is 0.480 e. The van der Waals surface area contributed by atoms with Gasteiger partial charge in [0.25, 0.3) is 0 Å². The predicted molar refractivity (Wildman–Crippen MR) is 48.9 cm³/mol. The zero-order valence-corrected chi connectivity index (χ0v) is 8.60. The van der Waals surface area contributed by atoms with E-state index in [0.29, 0.717) is 12.8 Å². The Morgan fingerprint density at radius 1 is 1.54 bits per heavy atom. The summed E-state index contributed by atoms with van der Waals surface area (Å²) in [5.74, 6) is -1.13. The van der Waals surface area contributed by atoms with Crippen LogP contribution < -0.4 is 4.72 Å². The van der Waals surface area contributed by atoms with Crippen molar-refractivity contribution in [1.29, 1.82) is 0 Å². The van der Waals surface area contributed by atoms with Gasteiger partial charge in [0.1, 0.15) is 6.04 Å². The third-order valence-electron chi connectivity index (χ3n) is 1.50. The van der Waals surface area contributed by atoms with Crippen LogP contribution in [0.25, 0.3) is 0 Å². The Bertz CT molecular complexity index is 260. The smallest absolute Gasteiger partial charge is 0.321 e. The number of hydrogen-bond donors (Lipinski definition) is 2. The van der Waals surface area contributed by atoms with Gasteiger partial charge in [0.05, 0.1) is 6.26 Å². The van der Waals surface area contributed by atoms with Gasteiger partial charge in [0.2, 0.25) is 10.0 Å². The van der Waals surface area contributed by atoms with E-state index in [2.05, 4.69) is 4.72 Å². The van der Waals surface area contributed by atoms with Gasteiger partial charge in [0.15, 0.2) is 0 Å². The van der Waals surface area contributed by atoms with Crippen molar-refractivity contribution in [2.24, 2.45) is 0 Å². The Kier molecular flexibility index (Phi) is 4.94. The number of carboxylic acids is 1. The number of sulfonamides is 1. The summed E-state index contributed by atoms with van der Waals surface area (Å²) >= 11 is 0. The highest BCUT2D eigenvalue weighted by molar-refractivity contribution is 7.88. The first kappa shape index (κ1) is 12.4. The third kappa shape index (κ3) is 6.53. The lowest BCUT2D eigenvalue weighted by molar-refractivity contribution is -0.139. The van der Waals surface area contributed by atoms with E-state index in [1.54, 1.807) is 0 Å². The highest BCUT2D eigenvalue weighted by atomic mass is 32.2. The molecule has 0 radical (unpaired) electrons. The number of aliphatic carboxylic acids is 1. The van der Waals surface area contributed by atoms with Crippen molar-refractivity contribution in [3.63, 3.8) is 0 Å². The highest BCUT2D eigenvalue weighted by Crippen LogP contribution is 2.01. The van der Waals surface area contributed by atoms with Crippen LogP contribution in [0.5, 0.6) is 0 Å². The van der Waals surface area contributed by atoms with Gasteiger partial charge in [0, 0.05) is 0 Å². The summed E-state index contributed by atoms with van der Waals surface area (Å²) in [7, 11) is -3.43. The Morgan fingerprint density at radius 2 is 2.08 bits per heavy atom. The second-order valence-electron chi connectivity index (χ2n) is 2.92. The van der Waals surface area contributed by atoms with Crippen LogP contribution in [-0.4, -0.2) is 31.8 Å². The minimum Gasteiger partial charge on any atom is -0.480 e. The predicted octanol–water partition coefficient (Wildman–Crippen LogP) is 0.179. The Hall–Kier alpha value is -0.620. The van der Waals surface area contributed by atoms with Gasteiger partial charge in [-0.1, -0.05) is 19.8 Å². The van der Waals surface area contributed by atoms with E-state index in [0.717, 1.165) is 12.7 Å². The molecule has 5 nitrogen and oxygen atoms in total. The average molecular weight is 209 g/mol. The van der Waals surface area contributed by atoms with Gasteiger partial charge in [-0.15, -0.1) is 0 Å². The Morgan fingerprint density at radius 3 is 2.38 bits per heavy atom. The van der Waals surface area contributed by atoms with Crippen LogP contribution in [0, 0.1) is 0 Å². The number of carbonyl (C=O) groups is 1. The SMILES string of the molecule is CCCC[C@H](NS(C)(=O)=O)C(=O)O. The fourth-order valence-electron chi connectivity index (χ4n) is 0.899. The van der Waals surface area contributed by atoms with Gasteiger partial charge in [-0.3, -0.25) is 4.79 Å². The fraction of sp³-hybridized carbons (Fsp3) is 0.857. The van der Waals surface area contributed by atoms with Crippen LogP contribution in [0.3, 0.4) is 0 Å². The molecular formula is C7H15NO4S. The molecule has 0 spiro atoms. The van der Waals surface area contributed by atoms with Crippen LogP contribution in [0.15, 0.2) is 0 Å². The molecule has 0 amide bonds.